The lowest BCUT2D eigenvalue weighted by Crippen LogP contribution is -1.90. The minimum absolute atomic E-state index is 0.665. The molecule has 114 valence electrons. The van der Waals surface area contributed by atoms with Gasteiger partial charge in [0.25, 0.3) is 0 Å². The van der Waals surface area contributed by atoms with Gasteiger partial charge < -0.3 is 14.5 Å². The number of thioether (sulfide) groups is 1. The van der Waals surface area contributed by atoms with Crippen LogP contribution in [0, 0.1) is 0 Å². The zero-order valence-electron chi connectivity index (χ0n) is 12.6. The SMILES string of the molecule is CCOc1ccc2nc(SCc3ccc(OC)cc3)[nH]c2c1. The van der Waals surface area contributed by atoms with E-state index in [1.165, 1.54) is 5.56 Å². The van der Waals surface area contributed by atoms with Crippen molar-refractivity contribution in [3.8, 4) is 11.5 Å². The van der Waals surface area contributed by atoms with Crippen LogP contribution in [0.25, 0.3) is 11.0 Å². The number of H-pyrrole nitrogens is 1. The Morgan fingerprint density at radius 3 is 2.59 bits per heavy atom. The van der Waals surface area contributed by atoms with E-state index in [-0.39, 0.29) is 0 Å². The minimum Gasteiger partial charge on any atom is -0.497 e. The monoisotopic (exact) mass is 314 g/mol. The predicted molar refractivity (Wildman–Crippen MR) is 89.8 cm³/mol. The average Bonchev–Trinajstić information content (AvgIpc) is 2.96. The average molecular weight is 314 g/mol. The highest BCUT2D eigenvalue weighted by molar-refractivity contribution is 7.98. The molecule has 2 aromatic carbocycles. The molecule has 0 unspecified atom stereocenters. The minimum atomic E-state index is 0.665. The molecule has 0 atom stereocenters. The normalized spacial score (nSPS) is 10.8. The first-order valence-corrected chi connectivity index (χ1v) is 8.15. The molecule has 0 fully saturated rings. The Morgan fingerprint density at radius 2 is 1.86 bits per heavy atom. The van der Waals surface area contributed by atoms with Gasteiger partial charge in [-0.1, -0.05) is 23.9 Å². The molecule has 0 aliphatic carbocycles. The van der Waals surface area contributed by atoms with E-state index in [0.717, 1.165) is 33.4 Å². The second kappa shape index (κ2) is 6.75. The number of aromatic nitrogens is 2. The Bertz CT molecular complexity index is 753. The quantitative estimate of drug-likeness (QED) is 0.691. The number of methoxy groups -OCH3 is 1. The van der Waals surface area contributed by atoms with Crippen LogP contribution in [0.2, 0.25) is 0 Å². The molecule has 0 spiro atoms. The van der Waals surface area contributed by atoms with Crippen molar-refractivity contribution < 1.29 is 9.47 Å². The van der Waals surface area contributed by atoms with Crippen molar-refractivity contribution in [3.63, 3.8) is 0 Å². The first-order valence-electron chi connectivity index (χ1n) is 7.17. The van der Waals surface area contributed by atoms with Crippen LogP contribution in [-0.4, -0.2) is 23.7 Å². The molecule has 0 radical (unpaired) electrons. The highest BCUT2D eigenvalue weighted by Gasteiger charge is 2.05. The van der Waals surface area contributed by atoms with Crippen LogP contribution in [0.3, 0.4) is 0 Å². The van der Waals surface area contributed by atoms with Gasteiger partial charge in [-0.3, -0.25) is 0 Å². The van der Waals surface area contributed by atoms with E-state index < -0.39 is 0 Å². The van der Waals surface area contributed by atoms with Crippen molar-refractivity contribution >= 4 is 22.8 Å². The Morgan fingerprint density at radius 1 is 1.09 bits per heavy atom. The van der Waals surface area contributed by atoms with E-state index >= 15 is 0 Å². The first kappa shape index (κ1) is 14.8. The maximum Gasteiger partial charge on any atom is 0.166 e. The van der Waals surface area contributed by atoms with Crippen molar-refractivity contribution in [2.75, 3.05) is 13.7 Å². The Kier molecular flexibility index (Phi) is 4.53. The summed E-state index contributed by atoms with van der Waals surface area (Å²) in [5.74, 6) is 2.61. The summed E-state index contributed by atoms with van der Waals surface area (Å²) in [6, 6.07) is 14.0. The van der Waals surface area contributed by atoms with Crippen molar-refractivity contribution in [3.05, 3.63) is 48.0 Å². The number of hydrogen-bond donors (Lipinski definition) is 1. The van der Waals surface area contributed by atoms with Crippen molar-refractivity contribution in [2.24, 2.45) is 0 Å². The fraction of sp³-hybridized carbons (Fsp3) is 0.235. The van der Waals surface area contributed by atoms with Crippen molar-refractivity contribution in [2.45, 2.75) is 17.8 Å². The molecule has 0 saturated carbocycles. The lowest BCUT2D eigenvalue weighted by atomic mass is 10.2. The summed E-state index contributed by atoms with van der Waals surface area (Å²) in [7, 11) is 1.68. The number of aromatic amines is 1. The first-order chi connectivity index (χ1) is 10.8. The number of ether oxygens (including phenoxy) is 2. The van der Waals surface area contributed by atoms with Gasteiger partial charge in [0, 0.05) is 11.8 Å². The summed E-state index contributed by atoms with van der Waals surface area (Å²) in [6.07, 6.45) is 0. The van der Waals surface area contributed by atoms with Gasteiger partial charge in [0.15, 0.2) is 5.16 Å². The van der Waals surface area contributed by atoms with Gasteiger partial charge in [-0.15, -0.1) is 0 Å². The molecule has 3 rings (SSSR count). The topological polar surface area (TPSA) is 47.1 Å². The molecular weight excluding hydrogens is 296 g/mol. The predicted octanol–water partition coefficient (Wildman–Crippen LogP) is 4.26. The number of nitrogens with one attached hydrogen (secondary N) is 1. The molecule has 0 amide bonds. The number of fused-ring (bicyclic) bond motifs is 1. The zero-order chi connectivity index (χ0) is 15.4. The third kappa shape index (κ3) is 3.36. The summed E-state index contributed by atoms with van der Waals surface area (Å²) in [5, 5.41) is 0.916. The van der Waals surface area contributed by atoms with Gasteiger partial charge in [0.1, 0.15) is 11.5 Å². The molecule has 0 bridgehead atoms. The maximum atomic E-state index is 5.51. The van der Waals surface area contributed by atoms with Gasteiger partial charge in [0.05, 0.1) is 24.8 Å². The molecule has 1 N–H and O–H groups in total. The highest BCUT2D eigenvalue weighted by atomic mass is 32.2. The molecule has 0 aliphatic rings. The Balaban J connectivity index is 1.70. The van der Waals surface area contributed by atoms with Gasteiger partial charge in [-0.2, -0.15) is 0 Å². The summed E-state index contributed by atoms with van der Waals surface area (Å²) in [5.41, 5.74) is 3.20. The Hall–Kier alpha value is -2.14. The third-order valence-electron chi connectivity index (χ3n) is 3.28. The summed E-state index contributed by atoms with van der Waals surface area (Å²) in [4.78, 5) is 7.92. The number of benzene rings is 2. The second-order valence-electron chi connectivity index (χ2n) is 4.79. The molecule has 22 heavy (non-hydrogen) atoms. The van der Waals surface area contributed by atoms with E-state index in [9.17, 15) is 0 Å². The molecule has 5 heteroatoms. The van der Waals surface area contributed by atoms with E-state index in [1.807, 2.05) is 37.3 Å². The van der Waals surface area contributed by atoms with Crippen LogP contribution < -0.4 is 9.47 Å². The molecule has 1 aromatic heterocycles. The molecule has 1 heterocycles. The van der Waals surface area contributed by atoms with E-state index in [2.05, 4.69) is 22.1 Å². The largest absolute Gasteiger partial charge is 0.497 e. The van der Waals surface area contributed by atoms with Crippen molar-refractivity contribution in [1.29, 1.82) is 0 Å². The van der Waals surface area contributed by atoms with Crippen LogP contribution in [0.15, 0.2) is 47.6 Å². The number of imidazole rings is 1. The van der Waals surface area contributed by atoms with Gasteiger partial charge in [0.2, 0.25) is 0 Å². The van der Waals surface area contributed by atoms with E-state index in [0.29, 0.717) is 6.61 Å². The van der Waals surface area contributed by atoms with Gasteiger partial charge >= 0.3 is 0 Å². The molecule has 0 saturated heterocycles. The van der Waals surface area contributed by atoms with E-state index in [4.69, 9.17) is 9.47 Å². The lowest BCUT2D eigenvalue weighted by molar-refractivity contribution is 0.340. The van der Waals surface area contributed by atoms with Crippen LogP contribution in [-0.2, 0) is 5.75 Å². The highest BCUT2D eigenvalue weighted by Crippen LogP contribution is 2.26. The second-order valence-corrected chi connectivity index (χ2v) is 5.75. The third-order valence-corrected chi connectivity index (χ3v) is 4.22. The zero-order valence-corrected chi connectivity index (χ0v) is 13.4. The fourth-order valence-electron chi connectivity index (χ4n) is 2.16. The molecule has 3 aromatic rings. The summed E-state index contributed by atoms with van der Waals surface area (Å²) >= 11 is 1.68. The molecular formula is C17H18N2O2S. The van der Waals surface area contributed by atoms with Gasteiger partial charge in [-0.25, -0.2) is 4.98 Å². The van der Waals surface area contributed by atoms with Crippen molar-refractivity contribution in [1.82, 2.24) is 9.97 Å². The Labute approximate surface area is 133 Å². The maximum absolute atomic E-state index is 5.51. The lowest BCUT2D eigenvalue weighted by Gasteiger charge is -2.02. The van der Waals surface area contributed by atoms with Crippen LogP contribution in [0.5, 0.6) is 11.5 Å². The van der Waals surface area contributed by atoms with Crippen LogP contribution in [0.4, 0.5) is 0 Å². The van der Waals surface area contributed by atoms with Crippen LogP contribution in [0.1, 0.15) is 12.5 Å². The standard InChI is InChI=1S/C17H18N2O2S/c1-3-21-14-8-9-15-16(10-14)19-17(18-15)22-11-12-4-6-13(20-2)7-5-12/h4-10H,3,11H2,1-2H3,(H,18,19). The fourth-order valence-corrected chi connectivity index (χ4v) is 3.00. The summed E-state index contributed by atoms with van der Waals surface area (Å²) in [6.45, 7) is 2.64. The number of rotatable bonds is 6. The number of hydrogen-bond acceptors (Lipinski definition) is 4. The van der Waals surface area contributed by atoms with Crippen LogP contribution >= 0.6 is 11.8 Å². The van der Waals surface area contributed by atoms with E-state index in [1.54, 1.807) is 18.9 Å². The summed E-state index contributed by atoms with van der Waals surface area (Å²) < 4.78 is 10.7. The number of nitrogens with zero attached hydrogens (tertiary/aromatic N) is 1. The smallest absolute Gasteiger partial charge is 0.166 e. The molecule has 4 nitrogen and oxygen atoms in total. The van der Waals surface area contributed by atoms with Gasteiger partial charge in [-0.05, 0) is 36.8 Å². The molecule has 0 aliphatic heterocycles.